The molecule has 2 nitrogen and oxygen atoms in total. The first-order valence-corrected chi connectivity index (χ1v) is 7.84. The van der Waals surface area contributed by atoms with E-state index in [0.29, 0.717) is 12.5 Å². The van der Waals surface area contributed by atoms with Crippen LogP contribution in [0, 0.1) is 5.92 Å². The molecule has 0 amide bonds. The van der Waals surface area contributed by atoms with Crippen LogP contribution in [0.25, 0.3) is 10.8 Å². The van der Waals surface area contributed by atoms with Gasteiger partial charge in [0.2, 0.25) is 0 Å². The van der Waals surface area contributed by atoms with Crippen molar-refractivity contribution >= 4 is 10.8 Å². The van der Waals surface area contributed by atoms with Gasteiger partial charge in [-0.25, -0.2) is 0 Å². The van der Waals surface area contributed by atoms with E-state index in [9.17, 15) is 0 Å². The van der Waals surface area contributed by atoms with Gasteiger partial charge in [0, 0.05) is 12.0 Å². The van der Waals surface area contributed by atoms with Crippen LogP contribution in [0.1, 0.15) is 25.8 Å². The minimum Gasteiger partial charge on any atom is -0.330 e. The summed E-state index contributed by atoms with van der Waals surface area (Å²) in [5, 5.41) is 2.65. The van der Waals surface area contributed by atoms with Crippen LogP contribution >= 0.6 is 0 Å². The second-order valence-electron chi connectivity index (χ2n) is 6.59. The quantitative estimate of drug-likeness (QED) is 0.877. The lowest BCUT2D eigenvalue weighted by Gasteiger charge is -2.39. The van der Waals surface area contributed by atoms with E-state index < -0.39 is 0 Å². The highest BCUT2D eigenvalue weighted by atomic mass is 15.0. The zero-order valence-electron chi connectivity index (χ0n) is 13.8. The number of nitrogens with two attached hydrogens (primary N) is 1. The van der Waals surface area contributed by atoms with E-state index in [2.05, 4.69) is 75.3 Å². The molecule has 2 aromatic carbocycles. The van der Waals surface area contributed by atoms with Gasteiger partial charge < -0.3 is 10.6 Å². The van der Waals surface area contributed by atoms with Crippen LogP contribution in [0.2, 0.25) is 0 Å². The van der Waals surface area contributed by atoms with Gasteiger partial charge in [-0.15, -0.1) is 0 Å². The summed E-state index contributed by atoms with van der Waals surface area (Å²) in [5.41, 5.74) is 7.74. The minimum absolute atomic E-state index is 0.0329. The Morgan fingerprint density at radius 1 is 1.05 bits per heavy atom. The number of nitrogens with zero attached hydrogens (tertiary/aromatic N) is 1. The second kappa shape index (κ2) is 6.59. The largest absolute Gasteiger partial charge is 0.330 e. The summed E-state index contributed by atoms with van der Waals surface area (Å²) in [6.07, 6.45) is 1.09. The van der Waals surface area contributed by atoms with Gasteiger partial charge in [0.15, 0.2) is 0 Å². The molecule has 2 aromatic rings. The summed E-state index contributed by atoms with van der Waals surface area (Å²) < 4.78 is 0. The first-order valence-electron chi connectivity index (χ1n) is 7.84. The van der Waals surface area contributed by atoms with Crippen LogP contribution in [-0.2, 0) is 5.41 Å². The molecule has 0 aliphatic carbocycles. The van der Waals surface area contributed by atoms with Crippen molar-refractivity contribution in [3.8, 4) is 0 Å². The first kappa shape index (κ1) is 16.0. The maximum Gasteiger partial charge on any atom is 0.0117 e. The maximum absolute atomic E-state index is 6.30. The van der Waals surface area contributed by atoms with E-state index in [0.717, 1.165) is 13.0 Å². The van der Waals surface area contributed by atoms with Gasteiger partial charge in [-0.1, -0.05) is 56.3 Å². The number of benzene rings is 2. The number of hydrogen-bond acceptors (Lipinski definition) is 2. The van der Waals surface area contributed by atoms with E-state index in [1.54, 1.807) is 0 Å². The fourth-order valence-electron chi connectivity index (χ4n) is 3.26. The topological polar surface area (TPSA) is 29.3 Å². The number of fused-ring (bicyclic) bond motifs is 1. The van der Waals surface area contributed by atoms with Crippen molar-refractivity contribution in [3.63, 3.8) is 0 Å². The highest BCUT2D eigenvalue weighted by molar-refractivity contribution is 5.86. The average Bonchev–Trinajstić information content (AvgIpc) is 2.48. The van der Waals surface area contributed by atoms with Crippen LogP contribution in [0.4, 0.5) is 0 Å². The van der Waals surface area contributed by atoms with Crippen LogP contribution in [-0.4, -0.2) is 32.1 Å². The molecule has 0 aliphatic heterocycles. The molecule has 0 bridgehead atoms. The average molecular weight is 284 g/mol. The van der Waals surface area contributed by atoms with Crippen LogP contribution in [0.15, 0.2) is 42.5 Å². The Morgan fingerprint density at radius 3 is 2.33 bits per heavy atom. The van der Waals surface area contributed by atoms with E-state index in [1.165, 1.54) is 16.3 Å². The normalized spacial score (nSPS) is 14.8. The summed E-state index contributed by atoms with van der Waals surface area (Å²) >= 11 is 0. The molecular weight excluding hydrogens is 256 g/mol. The highest BCUT2D eigenvalue weighted by Gasteiger charge is 2.35. The van der Waals surface area contributed by atoms with E-state index >= 15 is 0 Å². The summed E-state index contributed by atoms with van der Waals surface area (Å²) in [6.45, 7) is 6.33. The summed E-state index contributed by atoms with van der Waals surface area (Å²) in [7, 11) is 4.26. The zero-order valence-corrected chi connectivity index (χ0v) is 13.8. The van der Waals surface area contributed by atoms with Crippen molar-refractivity contribution in [2.24, 2.45) is 11.7 Å². The molecule has 0 spiro atoms. The predicted octanol–water partition coefficient (Wildman–Crippen LogP) is 3.64. The van der Waals surface area contributed by atoms with Gasteiger partial charge in [-0.05, 0) is 49.3 Å². The van der Waals surface area contributed by atoms with Crippen molar-refractivity contribution < 1.29 is 0 Å². The Bertz CT molecular complexity index is 584. The Balaban J connectivity index is 2.58. The molecule has 2 rings (SSSR count). The van der Waals surface area contributed by atoms with Crippen molar-refractivity contribution in [2.45, 2.75) is 25.7 Å². The number of hydrogen-bond donors (Lipinski definition) is 1. The lowest BCUT2D eigenvalue weighted by atomic mass is 9.68. The molecule has 0 saturated carbocycles. The fraction of sp³-hybridized carbons (Fsp3) is 0.474. The highest BCUT2D eigenvalue weighted by Crippen LogP contribution is 2.39. The van der Waals surface area contributed by atoms with Crippen molar-refractivity contribution in [1.82, 2.24) is 4.90 Å². The van der Waals surface area contributed by atoms with Gasteiger partial charge in [0.05, 0.1) is 0 Å². The second-order valence-corrected chi connectivity index (χ2v) is 6.59. The zero-order chi connectivity index (χ0) is 15.5. The summed E-state index contributed by atoms with van der Waals surface area (Å²) in [6, 6.07) is 15.3. The van der Waals surface area contributed by atoms with Gasteiger partial charge in [0.25, 0.3) is 0 Å². The fourth-order valence-corrected chi connectivity index (χ4v) is 3.26. The van der Waals surface area contributed by atoms with E-state index in [1.807, 2.05) is 0 Å². The lowest BCUT2D eigenvalue weighted by Crippen LogP contribution is -2.42. The molecule has 21 heavy (non-hydrogen) atoms. The Hall–Kier alpha value is -1.38. The molecule has 0 radical (unpaired) electrons. The van der Waals surface area contributed by atoms with Crippen LogP contribution in [0.5, 0.6) is 0 Å². The van der Waals surface area contributed by atoms with E-state index in [-0.39, 0.29) is 5.41 Å². The van der Waals surface area contributed by atoms with Crippen LogP contribution in [0.3, 0.4) is 0 Å². The molecule has 0 aliphatic rings. The predicted molar refractivity (Wildman–Crippen MR) is 92.7 cm³/mol. The third-order valence-electron chi connectivity index (χ3n) is 4.80. The maximum atomic E-state index is 6.30. The molecule has 0 saturated heterocycles. The minimum atomic E-state index is 0.0329. The first-order chi connectivity index (χ1) is 10.0. The molecule has 2 N–H and O–H groups in total. The Labute approximate surface area is 128 Å². The molecular formula is C19H28N2. The molecule has 0 fully saturated rings. The summed E-state index contributed by atoms with van der Waals surface area (Å²) in [5.74, 6) is 0.508. The number of rotatable bonds is 6. The molecule has 2 heteroatoms. The molecule has 1 unspecified atom stereocenters. The lowest BCUT2D eigenvalue weighted by molar-refractivity contribution is 0.254. The summed E-state index contributed by atoms with van der Waals surface area (Å²) in [4.78, 5) is 2.25. The van der Waals surface area contributed by atoms with Crippen LogP contribution < -0.4 is 5.73 Å². The molecule has 1 atom stereocenters. The van der Waals surface area contributed by atoms with Crippen molar-refractivity contribution in [1.29, 1.82) is 0 Å². The molecule has 0 aromatic heterocycles. The third kappa shape index (κ3) is 3.12. The van der Waals surface area contributed by atoms with Crippen molar-refractivity contribution in [2.75, 3.05) is 27.2 Å². The van der Waals surface area contributed by atoms with Gasteiger partial charge >= 0.3 is 0 Å². The van der Waals surface area contributed by atoms with Crippen molar-refractivity contribution in [3.05, 3.63) is 48.0 Å². The SMILES string of the molecule is CC(C)C(CN)(CCN(C)C)c1cccc2ccccc12. The monoisotopic (exact) mass is 284 g/mol. The van der Waals surface area contributed by atoms with Gasteiger partial charge in [-0.3, -0.25) is 0 Å². The van der Waals surface area contributed by atoms with E-state index in [4.69, 9.17) is 5.73 Å². The Kier molecular flexibility index (Phi) is 5.02. The molecule has 0 heterocycles. The smallest absolute Gasteiger partial charge is 0.0117 e. The third-order valence-corrected chi connectivity index (χ3v) is 4.80. The van der Waals surface area contributed by atoms with Gasteiger partial charge in [0.1, 0.15) is 0 Å². The van der Waals surface area contributed by atoms with Gasteiger partial charge in [-0.2, -0.15) is 0 Å². The molecule has 114 valence electrons. The standard InChI is InChI=1S/C19H28N2/c1-15(2)19(14-20,12-13-21(3)4)18-11-7-9-16-8-5-6-10-17(16)18/h5-11,15H,12-14,20H2,1-4H3. The Morgan fingerprint density at radius 2 is 1.71 bits per heavy atom.